The Morgan fingerprint density at radius 2 is 2.00 bits per heavy atom. The second-order valence-electron chi connectivity index (χ2n) is 5.43. The minimum Gasteiger partial charge on any atom is -0.367 e. The lowest BCUT2D eigenvalue weighted by atomic mass is 9.96. The lowest BCUT2D eigenvalue weighted by Gasteiger charge is -2.21. The van der Waals surface area contributed by atoms with Crippen molar-refractivity contribution in [2.24, 2.45) is 0 Å². The normalized spacial score (nSPS) is 17.0. The summed E-state index contributed by atoms with van der Waals surface area (Å²) in [6, 6.07) is 2.74. The van der Waals surface area contributed by atoms with Crippen LogP contribution in [-0.4, -0.2) is 40.9 Å². The molecule has 0 aliphatic heterocycles. The van der Waals surface area contributed by atoms with Crippen molar-refractivity contribution >= 4 is 5.82 Å². The Balaban J connectivity index is 1.77. The minimum absolute atomic E-state index is 0.632. The highest BCUT2D eigenvalue weighted by Gasteiger charge is 2.15. The summed E-state index contributed by atoms with van der Waals surface area (Å²) in [7, 11) is 0. The van der Waals surface area contributed by atoms with Crippen molar-refractivity contribution in [3.8, 4) is 0 Å². The largest absolute Gasteiger partial charge is 0.367 e. The second-order valence-corrected chi connectivity index (χ2v) is 5.43. The van der Waals surface area contributed by atoms with Crippen LogP contribution in [0.4, 0.5) is 5.82 Å². The second kappa shape index (κ2) is 7.53. The predicted molar refractivity (Wildman–Crippen MR) is 80.6 cm³/mol. The molecule has 0 amide bonds. The Kier molecular flexibility index (Phi) is 5.70. The molecule has 108 valence electrons. The van der Waals surface area contributed by atoms with Gasteiger partial charge in [-0.3, -0.25) is 4.68 Å². The molecule has 0 atom stereocenters. The van der Waals surface area contributed by atoms with E-state index in [1.807, 2.05) is 0 Å². The van der Waals surface area contributed by atoms with E-state index in [0.29, 0.717) is 6.04 Å². The fraction of sp³-hybridized carbons (Fsp3) is 0.800. The fourth-order valence-corrected chi connectivity index (χ4v) is 2.86. The number of likely N-dealkylation sites (N-methyl/N-ethyl adjacent to an activating group) is 1. The van der Waals surface area contributed by atoms with Crippen LogP contribution in [0.2, 0.25) is 0 Å². The van der Waals surface area contributed by atoms with Gasteiger partial charge in [-0.15, -0.1) is 0 Å². The third-order valence-corrected chi connectivity index (χ3v) is 4.19. The van der Waals surface area contributed by atoms with Crippen molar-refractivity contribution in [3.05, 3.63) is 12.3 Å². The highest BCUT2D eigenvalue weighted by atomic mass is 15.3. The van der Waals surface area contributed by atoms with E-state index in [4.69, 9.17) is 0 Å². The summed E-state index contributed by atoms with van der Waals surface area (Å²) in [5.74, 6) is 1.03. The van der Waals surface area contributed by atoms with Gasteiger partial charge >= 0.3 is 0 Å². The van der Waals surface area contributed by atoms with Crippen LogP contribution in [0.5, 0.6) is 0 Å². The highest BCUT2D eigenvalue weighted by Crippen LogP contribution is 2.27. The Labute approximate surface area is 117 Å². The highest BCUT2D eigenvalue weighted by molar-refractivity contribution is 5.32. The summed E-state index contributed by atoms with van der Waals surface area (Å²) in [5, 5.41) is 8.10. The van der Waals surface area contributed by atoms with Crippen LogP contribution in [0.1, 0.15) is 52.0 Å². The molecule has 0 aromatic carbocycles. The van der Waals surface area contributed by atoms with Gasteiger partial charge in [0.25, 0.3) is 0 Å². The fourth-order valence-electron chi connectivity index (χ4n) is 2.86. The number of rotatable bonds is 7. The van der Waals surface area contributed by atoms with Crippen LogP contribution in [0, 0.1) is 0 Å². The first kappa shape index (κ1) is 14.4. The quantitative estimate of drug-likeness (QED) is 0.821. The molecule has 1 heterocycles. The van der Waals surface area contributed by atoms with Crippen LogP contribution in [0.15, 0.2) is 12.3 Å². The van der Waals surface area contributed by atoms with E-state index in [-0.39, 0.29) is 0 Å². The molecule has 4 nitrogen and oxygen atoms in total. The van der Waals surface area contributed by atoms with Crippen molar-refractivity contribution in [2.75, 3.05) is 31.5 Å². The third-order valence-electron chi connectivity index (χ3n) is 4.19. The molecular weight excluding hydrogens is 236 g/mol. The molecule has 0 bridgehead atoms. The molecule has 1 aromatic heterocycles. The SMILES string of the molecule is CCN(CC)CCNc1ccn(C2CCCCC2)n1. The molecule has 0 radical (unpaired) electrons. The molecular formula is C15H28N4. The summed E-state index contributed by atoms with van der Waals surface area (Å²) < 4.78 is 2.17. The van der Waals surface area contributed by atoms with E-state index in [1.54, 1.807) is 0 Å². The molecule has 1 fully saturated rings. The third kappa shape index (κ3) is 4.23. The summed E-state index contributed by atoms with van der Waals surface area (Å²) in [4.78, 5) is 2.42. The average molecular weight is 264 g/mol. The molecule has 4 heteroatoms. The van der Waals surface area contributed by atoms with Crippen molar-refractivity contribution in [3.63, 3.8) is 0 Å². The average Bonchev–Trinajstić information content (AvgIpc) is 2.93. The first-order valence-corrected chi connectivity index (χ1v) is 7.84. The Hall–Kier alpha value is -1.03. The predicted octanol–water partition coefficient (Wildman–Crippen LogP) is 3.14. The topological polar surface area (TPSA) is 33.1 Å². The lowest BCUT2D eigenvalue weighted by molar-refractivity contribution is 0.315. The first-order chi connectivity index (χ1) is 9.33. The van der Waals surface area contributed by atoms with E-state index in [9.17, 15) is 0 Å². The Morgan fingerprint density at radius 3 is 2.68 bits per heavy atom. The maximum Gasteiger partial charge on any atom is 0.148 e. The maximum absolute atomic E-state index is 4.67. The first-order valence-electron chi connectivity index (χ1n) is 7.84. The van der Waals surface area contributed by atoms with Gasteiger partial charge in [-0.2, -0.15) is 5.10 Å². The maximum atomic E-state index is 4.67. The molecule has 1 aromatic rings. The van der Waals surface area contributed by atoms with Gasteiger partial charge in [0.2, 0.25) is 0 Å². The molecule has 2 rings (SSSR count). The number of nitrogens with zero attached hydrogens (tertiary/aromatic N) is 3. The van der Waals surface area contributed by atoms with Crippen LogP contribution >= 0.6 is 0 Å². The van der Waals surface area contributed by atoms with Gasteiger partial charge in [-0.25, -0.2) is 0 Å². The van der Waals surface area contributed by atoms with Gasteiger partial charge in [0, 0.05) is 25.4 Å². The van der Waals surface area contributed by atoms with Gasteiger partial charge in [-0.05, 0) is 25.9 Å². The van der Waals surface area contributed by atoms with Gasteiger partial charge in [0.15, 0.2) is 0 Å². The van der Waals surface area contributed by atoms with Crippen LogP contribution < -0.4 is 5.32 Å². The number of nitrogens with one attached hydrogen (secondary N) is 1. The summed E-state index contributed by atoms with van der Waals surface area (Å²) in [5.41, 5.74) is 0. The molecule has 1 aliphatic rings. The van der Waals surface area contributed by atoms with Crippen LogP contribution in [0.3, 0.4) is 0 Å². The van der Waals surface area contributed by atoms with Gasteiger partial charge in [0.05, 0.1) is 6.04 Å². The Morgan fingerprint density at radius 1 is 1.26 bits per heavy atom. The summed E-state index contributed by atoms with van der Waals surface area (Å²) in [6.07, 6.45) is 8.83. The lowest BCUT2D eigenvalue weighted by Crippen LogP contribution is -2.28. The van der Waals surface area contributed by atoms with Gasteiger partial charge in [-0.1, -0.05) is 33.1 Å². The van der Waals surface area contributed by atoms with Gasteiger partial charge < -0.3 is 10.2 Å². The van der Waals surface area contributed by atoms with Crippen molar-refractivity contribution < 1.29 is 0 Å². The molecule has 0 spiro atoms. The zero-order valence-electron chi connectivity index (χ0n) is 12.4. The zero-order chi connectivity index (χ0) is 13.5. The molecule has 19 heavy (non-hydrogen) atoms. The number of hydrogen-bond donors (Lipinski definition) is 1. The van der Waals surface area contributed by atoms with Crippen LogP contribution in [-0.2, 0) is 0 Å². The number of anilines is 1. The summed E-state index contributed by atoms with van der Waals surface area (Å²) in [6.45, 7) is 8.72. The van der Waals surface area contributed by atoms with Crippen molar-refractivity contribution in [2.45, 2.75) is 52.0 Å². The molecule has 0 saturated heterocycles. The molecule has 1 aliphatic carbocycles. The van der Waals surface area contributed by atoms with Crippen LogP contribution in [0.25, 0.3) is 0 Å². The number of hydrogen-bond acceptors (Lipinski definition) is 3. The van der Waals surface area contributed by atoms with E-state index < -0.39 is 0 Å². The van der Waals surface area contributed by atoms with Crippen molar-refractivity contribution in [1.82, 2.24) is 14.7 Å². The Bertz CT molecular complexity index is 351. The molecule has 0 unspecified atom stereocenters. The van der Waals surface area contributed by atoms with E-state index in [2.05, 4.69) is 46.1 Å². The van der Waals surface area contributed by atoms with E-state index in [1.165, 1.54) is 32.1 Å². The molecule has 1 N–H and O–H groups in total. The van der Waals surface area contributed by atoms with Crippen molar-refractivity contribution in [1.29, 1.82) is 0 Å². The molecule has 1 saturated carbocycles. The smallest absolute Gasteiger partial charge is 0.148 e. The zero-order valence-corrected chi connectivity index (χ0v) is 12.4. The number of aromatic nitrogens is 2. The minimum atomic E-state index is 0.632. The van der Waals surface area contributed by atoms with Gasteiger partial charge in [0.1, 0.15) is 5.82 Å². The monoisotopic (exact) mass is 264 g/mol. The summed E-state index contributed by atoms with van der Waals surface area (Å²) >= 11 is 0. The standard InChI is InChI=1S/C15H28N4/c1-3-18(4-2)13-11-16-15-10-12-19(17-15)14-8-6-5-7-9-14/h10,12,14H,3-9,11,13H2,1-2H3,(H,16,17). The van der Waals surface area contributed by atoms with E-state index >= 15 is 0 Å². The van der Waals surface area contributed by atoms with E-state index in [0.717, 1.165) is 32.0 Å².